The number of amides is 1. The van der Waals surface area contributed by atoms with Crippen LogP contribution in [0.3, 0.4) is 0 Å². The summed E-state index contributed by atoms with van der Waals surface area (Å²) in [5.74, 6) is -1.47. The molecule has 2 atom stereocenters. The first-order chi connectivity index (χ1) is 12.1. The van der Waals surface area contributed by atoms with Crippen molar-refractivity contribution >= 4 is 33.3 Å². The minimum absolute atomic E-state index is 0.186. The molecule has 0 spiro atoms. The number of nitro benzene ring substituents is 1. The highest BCUT2D eigenvalue weighted by Crippen LogP contribution is 2.22. The van der Waals surface area contributed by atoms with Gasteiger partial charge in [0, 0.05) is 24.4 Å². The number of esters is 1. The number of non-ortho nitro benzene ring substituents is 1. The predicted octanol–water partition coefficient (Wildman–Crippen LogP) is 0.889. The highest BCUT2D eigenvalue weighted by Gasteiger charge is 2.38. The van der Waals surface area contributed by atoms with Gasteiger partial charge < -0.3 is 10.1 Å². The Morgan fingerprint density at radius 1 is 1.42 bits per heavy atom. The predicted molar refractivity (Wildman–Crippen MR) is 91.9 cm³/mol. The van der Waals surface area contributed by atoms with E-state index in [-0.39, 0.29) is 17.9 Å². The average Bonchev–Trinajstić information content (AvgIpc) is 3.05. The van der Waals surface area contributed by atoms with Crippen molar-refractivity contribution in [1.82, 2.24) is 4.31 Å². The SMILES string of the molecule is C[C@@H](OC(=O)[C@H]1CCCN1S(C)(=O)=O)C(=O)Nc1cccc([N+](=O)[O-])c1. The maximum atomic E-state index is 12.2. The lowest BCUT2D eigenvalue weighted by Gasteiger charge is -2.22. The van der Waals surface area contributed by atoms with Gasteiger partial charge in [0.1, 0.15) is 6.04 Å². The summed E-state index contributed by atoms with van der Waals surface area (Å²) in [5, 5.41) is 13.2. The van der Waals surface area contributed by atoms with E-state index in [1.54, 1.807) is 0 Å². The Bertz CT molecular complexity index is 824. The van der Waals surface area contributed by atoms with Gasteiger partial charge >= 0.3 is 5.97 Å². The van der Waals surface area contributed by atoms with E-state index in [9.17, 15) is 28.1 Å². The molecule has 0 saturated carbocycles. The van der Waals surface area contributed by atoms with E-state index in [1.165, 1.54) is 31.2 Å². The van der Waals surface area contributed by atoms with Crippen molar-refractivity contribution in [3.63, 3.8) is 0 Å². The summed E-state index contributed by atoms with van der Waals surface area (Å²) >= 11 is 0. The van der Waals surface area contributed by atoms with Crippen molar-refractivity contribution in [2.45, 2.75) is 31.9 Å². The van der Waals surface area contributed by atoms with E-state index in [0.29, 0.717) is 12.8 Å². The molecule has 2 rings (SSSR count). The zero-order valence-corrected chi connectivity index (χ0v) is 15.1. The third kappa shape index (κ3) is 4.76. The zero-order valence-electron chi connectivity index (χ0n) is 14.2. The molecule has 0 unspecified atom stereocenters. The van der Waals surface area contributed by atoms with Crippen molar-refractivity contribution < 1.29 is 27.7 Å². The fourth-order valence-corrected chi connectivity index (χ4v) is 3.73. The Labute approximate surface area is 150 Å². The summed E-state index contributed by atoms with van der Waals surface area (Å²) in [6.07, 6.45) is 0.673. The van der Waals surface area contributed by atoms with E-state index in [0.717, 1.165) is 10.6 Å². The van der Waals surface area contributed by atoms with Gasteiger partial charge in [-0.3, -0.25) is 19.7 Å². The van der Waals surface area contributed by atoms with Crippen LogP contribution in [0.25, 0.3) is 0 Å². The normalized spacial score (nSPS) is 18.9. The number of hydrogen-bond donors (Lipinski definition) is 1. The molecule has 142 valence electrons. The molecule has 0 bridgehead atoms. The van der Waals surface area contributed by atoms with Crippen LogP contribution in [0.1, 0.15) is 19.8 Å². The molecule has 10 nitrogen and oxygen atoms in total. The van der Waals surface area contributed by atoms with Gasteiger partial charge in [-0.1, -0.05) is 6.07 Å². The zero-order chi connectivity index (χ0) is 19.5. The first-order valence-corrected chi connectivity index (χ1v) is 9.67. The number of nitrogens with one attached hydrogen (secondary N) is 1. The molecule has 1 amide bonds. The van der Waals surface area contributed by atoms with E-state index >= 15 is 0 Å². The van der Waals surface area contributed by atoms with Crippen LogP contribution in [0.5, 0.6) is 0 Å². The number of anilines is 1. The van der Waals surface area contributed by atoms with Gasteiger partial charge in [0.15, 0.2) is 6.10 Å². The quantitative estimate of drug-likeness (QED) is 0.436. The van der Waals surface area contributed by atoms with Crippen LogP contribution >= 0.6 is 0 Å². The number of carbonyl (C=O) groups is 2. The maximum absolute atomic E-state index is 12.2. The molecule has 1 saturated heterocycles. The second-order valence-electron chi connectivity index (χ2n) is 5.91. The van der Waals surface area contributed by atoms with Gasteiger partial charge in [0.05, 0.1) is 11.2 Å². The summed E-state index contributed by atoms with van der Waals surface area (Å²) < 4.78 is 29.5. The molecule has 1 aliphatic rings. The smallest absolute Gasteiger partial charge is 0.325 e. The Balaban J connectivity index is 1.99. The standard InChI is InChI=1S/C15H19N3O7S/c1-10(14(19)16-11-5-3-6-12(9-11)18(21)22)25-15(20)13-7-4-8-17(13)26(2,23)24/h3,5-6,9-10,13H,4,7-8H2,1-2H3,(H,16,19)/t10-,13-/m1/s1. The number of sulfonamides is 1. The number of rotatable bonds is 6. The van der Waals surface area contributed by atoms with Gasteiger partial charge in [-0.15, -0.1) is 0 Å². The lowest BCUT2D eigenvalue weighted by Crippen LogP contribution is -2.43. The van der Waals surface area contributed by atoms with E-state index in [2.05, 4.69) is 5.32 Å². The fourth-order valence-electron chi connectivity index (χ4n) is 2.62. The first-order valence-electron chi connectivity index (χ1n) is 7.82. The number of nitrogens with zero attached hydrogens (tertiary/aromatic N) is 2. The maximum Gasteiger partial charge on any atom is 0.325 e. The molecule has 0 aromatic heterocycles. The number of ether oxygens (including phenoxy) is 1. The van der Waals surface area contributed by atoms with Crippen LogP contribution in [0.4, 0.5) is 11.4 Å². The molecule has 1 heterocycles. The van der Waals surface area contributed by atoms with Crippen LogP contribution in [0.15, 0.2) is 24.3 Å². The fraction of sp³-hybridized carbons (Fsp3) is 0.467. The van der Waals surface area contributed by atoms with Crippen molar-refractivity contribution in [2.75, 3.05) is 18.1 Å². The van der Waals surface area contributed by atoms with Crippen LogP contribution in [0.2, 0.25) is 0 Å². The van der Waals surface area contributed by atoms with Crippen LogP contribution in [-0.2, 0) is 24.3 Å². The van der Waals surface area contributed by atoms with Crippen LogP contribution in [-0.4, -0.2) is 54.5 Å². The Hall–Kier alpha value is -2.53. The molecule has 1 aliphatic heterocycles. The monoisotopic (exact) mass is 385 g/mol. The number of benzene rings is 1. The summed E-state index contributed by atoms with van der Waals surface area (Å²) in [6, 6.07) is 4.38. The second-order valence-corrected chi connectivity index (χ2v) is 7.84. The van der Waals surface area contributed by atoms with Crippen molar-refractivity contribution in [3.05, 3.63) is 34.4 Å². The Kier molecular flexibility index (Phi) is 5.93. The van der Waals surface area contributed by atoms with Crippen molar-refractivity contribution in [1.29, 1.82) is 0 Å². The Morgan fingerprint density at radius 2 is 2.12 bits per heavy atom. The topological polar surface area (TPSA) is 136 Å². The lowest BCUT2D eigenvalue weighted by molar-refractivity contribution is -0.384. The molecule has 11 heteroatoms. The van der Waals surface area contributed by atoms with E-state index in [4.69, 9.17) is 4.74 Å². The van der Waals surface area contributed by atoms with E-state index in [1.807, 2.05) is 0 Å². The molecule has 1 N–H and O–H groups in total. The van der Waals surface area contributed by atoms with Crippen molar-refractivity contribution in [3.8, 4) is 0 Å². The minimum atomic E-state index is -3.55. The third-order valence-electron chi connectivity index (χ3n) is 3.89. The molecular formula is C15H19N3O7S. The molecule has 1 aromatic carbocycles. The lowest BCUT2D eigenvalue weighted by atomic mass is 10.2. The summed E-state index contributed by atoms with van der Waals surface area (Å²) in [4.78, 5) is 34.5. The molecule has 26 heavy (non-hydrogen) atoms. The first kappa shape index (κ1) is 19.8. The van der Waals surface area contributed by atoms with Gasteiger partial charge in [-0.25, -0.2) is 8.42 Å². The molecule has 0 radical (unpaired) electrons. The summed E-state index contributed by atoms with van der Waals surface area (Å²) in [5.41, 5.74) is -0.00655. The number of hydrogen-bond acceptors (Lipinski definition) is 7. The largest absolute Gasteiger partial charge is 0.451 e. The van der Waals surface area contributed by atoms with Gasteiger partial charge in [0.2, 0.25) is 10.0 Å². The van der Waals surface area contributed by atoms with Gasteiger partial charge in [0.25, 0.3) is 11.6 Å². The van der Waals surface area contributed by atoms with Crippen LogP contribution < -0.4 is 5.32 Å². The van der Waals surface area contributed by atoms with Gasteiger partial charge in [-0.05, 0) is 25.8 Å². The molecule has 1 aromatic rings. The highest BCUT2D eigenvalue weighted by molar-refractivity contribution is 7.88. The highest BCUT2D eigenvalue weighted by atomic mass is 32.2. The molecular weight excluding hydrogens is 366 g/mol. The summed E-state index contributed by atoms with van der Waals surface area (Å²) in [6.45, 7) is 1.57. The second kappa shape index (κ2) is 7.79. The van der Waals surface area contributed by atoms with Crippen LogP contribution in [0, 0.1) is 10.1 Å². The van der Waals surface area contributed by atoms with Crippen molar-refractivity contribution in [2.24, 2.45) is 0 Å². The third-order valence-corrected chi connectivity index (χ3v) is 5.18. The number of carbonyl (C=O) groups excluding carboxylic acids is 2. The molecule has 0 aliphatic carbocycles. The van der Waals surface area contributed by atoms with Gasteiger partial charge in [-0.2, -0.15) is 4.31 Å². The average molecular weight is 385 g/mol. The Morgan fingerprint density at radius 3 is 2.73 bits per heavy atom. The molecule has 1 fully saturated rings. The minimum Gasteiger partial charge on any atom is -0.451 e. The summed E-state index contributed by atoms with van der Waals surface area (Å²) in [7, 11) is -3.55. The van der Waals surface area contributed by atoms with E-state index < -0.39 is 39.0 Å². The number of nitro groups is 1.